The molecule has 2 amide bonds. The van der Waals surface area contributed by atoms with Crippen LogP contribution in [0.3, 0.4) is 0 Å². The molecule has 1 saturated heterocycles. The Morgan fingerprint density at radius 1 is 1.06 bits per heavy atom. The molecule has 2 N–H and O–H groups in total. The van der Waals surface area contributed by atoms with Gasteiger partial charge in [0.25, 0.3) is 11.8 Å². The summed E-state index contributed by atoms with van der Waals surface area (Å²) in [6.45, 7) is 3.76. The van der Waals surface area contributed by atoms with Crippen molar-refractivity contribution in [3.8, 4) is 0 Å². The smallest absolute Gasteiger partial charge is 0.255 e. The van der Waals surface area contributed by atoms with Gasteiger partial charge in [0.05, 0.1) is 4.90 Å². The molecule has 0 radical (unpaired) electrons. The fraction of sp³-hybridized carbons (Fsp3) is 0.391. The lowest BCUT2D eigenvalue weighted by molar-refractivity contribution is 0.0772. The van der Waals surface area contributed by atoms with E-state index in [4.69, 9.17) is 0 Å². The molecule has 2 fully saturated rings. The third-order valence-electron chi connectivity index (χ3n) is 5.69. The Morgan fingerprint density at radius 3 is 2.50 bits per heavy atom. The molecule has 1 aliphatic carbocycles. The number of anilines is 1. The zero-order chi connectivity index (χ0) is 22.7. The lowest BCUT2D eigenvalue weighted by Gasteiger charge is -2.26. The molecule has 7 nitrogen and oxygen atoms in total. The number of sulfonamides is 1. The van der Waals surface area contributed by atoms with Gasteiger partial charge in [0, 0.05) is 48.0 Å². The number of aryl methyl sites for hydroxylation is 1. The van der Waals surface area contributed by atoms with Gasteiger partial charge in [0.1, 0.15) is 0 Å². The third-order valence-corrected chi connectivity index (χ3v) is 8.05. The van der Waals surface area contributed by atoms with Crippen molar-refractivity contribution < 1.29 is 18.0 Å². The minimum atomic E-state index is -3.65. The number of carbonyl (C=O) groups excluding carboxylic acids is 2. The zero-order valence-electron chi connectivity index (χ0n) is 18.0. The average molecular weight is 474 g/mol. The molecule has 1 aliphatic heterocycles. The maximum absolute atomic E-state index is 12.8. The summed E-state index contributed by atoms with van der Waals surface area (Å²) in [4.78, 5) is 27.4. The van der Waals surface area contributed by atoms with Crippen LogP contribution < -0.4 is 10.0 Å². The van der Waals surface area contributed by atoms with Gasteiger partial charge >= 0.3 is 0 Å². The van der Waals surface area contributed by atoms with Gasteiger partial charge in [-0.1, -0.05) is 6.07 Å². The van der Waals surface area contributed by atoms with Crippen molar-refractivity contribution >= 4 is 39.3 Å². The van der Waals surface area contributed by atoms with E-state index in [9.17, 15) is 18.0 Å². The lowest BCUT2D eigenvalue weighted by atomic mass is 10.1. The Morgan fingerprint density at radius 2 is 1.81 bits per heavy atom. The van der Waals surface area contributed by atoms with Gasteiger partial charge < -0.3 is 10.2 Å². The number of thioether (sulfide) groups is 1. The fourth-order valence-electron chi connectivity index (χ4n) is 3.52. The first-order chi connectivity index (χ1) is 15.3. The Balaban J connectivity index is 1.45. The van der Waals surface area contributed by atoms with Crippen molar-refractivity contribution in [3.05, 3.63) is 59.2 Å². The fourth-order valence-corrected chi connectivity index (χ4v) is 5.58. The van der Waals surface area contributed by atoms with Gasteiger partial charge in [-0.2, -0.15) is 11.8 Å². The maximum atomic E-state index is 12.8. The standard InChI is InChI=1S/C23H27N3O4S2/c1-16-13-19(23(28)26-9-11-31-12-10-26)7-8-21(16)25-22(27)18-3-2-4-20(14-18)32(29,30)24-15-17-5-6-17/h2-4,7-8,13-14,17,24H,5-6,9-12,15H2,1H3,(H,25,27). The second-order valence-electron chi connectivity index (χ2n) is 8.21. The van der Waals surface area contributed by atoms with Crippen LogP contribution in [0.1, 0.15) is 39.1 Å². The first kappa shape index (κ1) is 22.8. The van der Waals surface area contributed by atoms with Crippen LogP contribution in [0.15, 0.2) is 47.4 Å². The summed E-state index contributed by atoms with van der Waals surface area (Å²) in [5.41, 5.74) is 2.21. The van der Waals surface area contributed by atoms with Crippen LogP contribution in [0, 0.1) is 12.8 Å². The first-order valence-corrected chi connectivity index (χ1v) is 13.4. The van der Waals surface area contributed by atoms with Gasteiger partial charge in [-0.25, -0.2) is 13.1 Å². The summed E-state index contributed by atoms with van der Waals surface area (Å²) in [7, 11) is -3.65. The number of nitrogens with one attached hydrogen (secondary N) is 2. The molecule has 0 unspecified atom stereocenters. The van der Waals surface area contributed by atoms with Crippen LogP contribution >= 0.6 is 11.8 Å². The van der Waals surface area contributed by atoms with Crippen LogP contribution in [-0.2, 0) is 10.0 Å². The number of hydrogen-bond acceptors (Lipinski definition) is 5. The summed E-state index contributed by atoms with van der Waals surface area (Å²) < 4.78 is 27.6. The molecule has 2 aromatic carbocycles. The molecule has 2 aliphatic rings. The predicted molar refractivity (Wildman–Crippen MR) is 127 cm³/mol. The van der Waals surface area contributed by atoms with E-state index < -0.39 is 15.9 Å². The molecule has 2 aromatic rings. The second kappa shape index (κ2) is 9.64. The molecule has 170 valence electrons. The minimum absolute atomic E-state index is 0.00267. The van der Waals surface area contributed by atoms with Gasteiger partial charge in [-0.3, -0.25) is 9.59 Å². The van der Waals surface area contributed by atoms with E-state index in [1.54, 1.807) is 30.3 Å². The Kier molecular flexibility index (Phi) is 6.88. The largest absolute Gasteiger partial charge is 0.337 e. The molecule has 0 bridgehead atoms. The summed E-state index contributed by atoms with van der Waals surface area (Å²) >= 11 is 1.85. The summed E-state index contributed by atoms with van der Waals surface area (Å²) in [6.07, 6.45) is 2.09. The number of benzene rings is 2. The molecule has 9 heteroatoms. The van der Waals surface area contributed by atoms with Crippen molar-refractivity contribution in [1.29, 1.82) is 0 Å². The first-order valence-electron chi connectivity index (χ1n) is 10.7. The molecule has 32 heavy (non-hydrogen) atoms. The number of amides is 2. The number of nitrogens with zero attached hydrogens (tertiary/aromatic N) is 1. The SMILES string of the molecule is Cc1cc(C(=O)N2CCSCC2)ccc1NC(=O)c1cccc(S(=O)(=O)NCC2CC2)c1. The Bertz CT molecular complexity index is 1120. The number of carbonyl (C=O) groups is 2. The van der Waals surface area contributed by atoms with Crippen molar-refractivity contribution in [2.24, 2.45) is 5.92 Å². The molecule has 4 rings (SSSR count). The van der Waals surface area contributed by atoms with E-state index in [0.29, 0.717) is 23.7 Å². The lowest BCUT2D eigenvalue weighted by Crippen LogP contribution is -2.37. The zero-order valence-corrected chi connectivity index (χ0v) is 19.6. The third kappa shape index (κ3) is 5.51. The second-order valence-corrected chi connectivity index (χ2v) is 11.2. The van der Waals surface area contributed by atoms with E-state index in [0.717, 1.165) is 43.0 Å². The van der Waals surface area contributed by atoms with Crippen LogP contribution in [0.2, 0.25) is 0 Å². The minimum Gasteiger partial charge on any atom is -0.337 e. The van der Waals surface area contributed by atoms with E-state index in [2.05, 4.69) is 10.0 Å². The van der Waals surface area contributed by atoms with Gasteiger partial charge in [-0.15, -0.1) is 0 Å². The van der Waals surface area contributed by atoms with E-state index in [-0.39, 0.29) is 16.4 Å². The molecular weight excluding hydrogens is 446 g/mol. The van der Waals surface area contributed by atoms with Crippen LogP contribution in [0.5, 0.6) is 0 Å². The highest BCUT2D eigenvalue weighted by atomic mass is 32.2. The Labute approximate surface area is 193 Å². The molecular formula is C23H27N3O4S2. The topological polar surface area (TPSA) is 95.6 Å². The number of rotatable bonds is 7. The van der Waals surface area contributed by atoms with Crippen molar-refractivity contribution in [3.63, 3.8) is 0 Å². The highest BCUT2D eigenvalue weighted by Gasteiger charge is 2.25. The van der Waals surface area contributed by atoms with Crippen LogP contribution in [-0.4, -0.2) is 56.3 Å². The molecule has 0 aromatic heterocycles. The van der Waals surface area contributed by atoms with Gasteiger partial charge in [0.2, 0.25) is 10.0 Å². The predicted octanol–water partition coefficient (Wildman–Crippen LogP) is 3.12. The monoisotopic (exact) mass is 473 g/mol. The van der Waals surface area contributed by atoms with Crippen molar-refractivity contribution in [2.45, 2.75) is 24.7 Å². The maximum Gasteiger partial charge on any atom is 0.255 e. The highest BCUT2D eigenvalue weighted by Crippen LogP contribution is 2.28. The van der Waals surface area contributed by atoms with Crippen LogP contribution in [0.25, 0.3) is 0 Å². The van der Waals surface area contributed by atoms with Crippen LogP contribution in [0.4, 0.5) is 5.69 Å². The van der Waals surface area contributed by atoms with Crippen molar-refractivity contribution in [2.75, 3.05) is 36.5 Å². The summed E-state index contributed by atoms with van der Waals surface area (Å²) in [5, 5.41) is 2.83. The highest BCUT2D eigenvalue weighted by molar-refractivity contribution is 7.99. The van der Waals surface area contributed by atoms with Crippen molar-refractivity contribution in [1.82, 2.24) is 9.62 Å². The van der Waals surface area contributed by atoms with E-state index >= 15 is 0 Å². The molecule has 0 atom stereocenters. The summed E-state index contributed by atoms with van der Waals surface area (Å²) in [5.74, 6) is 1.92. The molecule has 0 spiro atoms. The van der Waals surface area contributed by atoms with Gasteiger partial charge in [0.15, 0.2) is 0 Å². The average Bonchev–Trinajstić information content (AvgIpc) is 3.64. The number of hydrogen-bond donors (Lipinski definition) is 2. The van der Waals surface area contributed by atoms with E-state index in [1.807, 2.05) is 23.6 Å². The quantitative estimate of drug-likeness (QED) is 0.644. The molecule has 1 saturated carbocycles. The molecule has 1 heterocycles. The van der Waals surface area contributed by atoms with Gasteiger partial charge in [-0.05, 0) is 67.6 Å². The summed E-state index contributed by atoms with van der Waals surface area (Å²) in [6, 6.07) is 11.2. The normalized spacial score (nSPS) is 16.6. The Hall–Kier alpha value is -2.36. The van der Waals surface area contributed by atoms with E-state index in [1.165, 1.54) is 12.1 Å².